The molecule has 0 N–H and O–H groups in total. The smallest absolute Gasteiger partial charge is 0.136 e. The van der Waals surface area contributed by atoms with E-state index in [1.165, 1.54) is 107 Å². The van der Waals surface area contributed by atoms with Crippen LogP contribution in [0.3, 0.4) is 0 Å². The van der Waals surface area contributed by atoms with Gasteiger partial charge in [-0.25, -0.2) is 0 Å². The van der Waals surface area contributed by atoms with Gasteiger partial charge in [-0.15, -0.1) is 0 Å². The molecule has 0 aromatic heterocycles. The zero-order chi connectivity index (χ0) is 25.0. The summed E-state index contributed by atoms with van der Waals surface area (Å²) >= 11 is 0. The summed E-state index contributed by atoms with van der Waals surface area (Å²) in [6.45, 7) is 9.10. The van der Waals surface area contributed by atoms with E-state index in [0.717, 1.165) is 25.2 Å². The van der Waals surface area contributed by atoms with Crippen LogP contribution in [0.15, 0.2) is 18.2 Å². The summed E-state index contributed by atoms with van der Waals surface area (Å²) in [4.78, 5) is 13.6. The normalized spacial score (nSPS) is 23.2. The molecule has 0 bridgehead atoms. The maximum absolute atomic E-state index is 13.6. The SMILES string of the molecule is CCCCCCC(c1ccc(C)c(C)c1)C1CCCC(C(=O)CC(CCC)CC2CCCCC2)C1. The second kappa shape index (κ2) is 15.2. The van der Waals surface area contributed by atoms with Gasteiger partial charge in [-0.1, -0.05) is 109 Å². The average molecular weight is 481 g/mol. The molecule has 0 aliphatic heterocycles. The molecule has 2 fully saturated rings. The summed E-state index contributed by atoms with van der Waals surface area (Å²) in [6.07, 6.45) is 23.2. The van der Waals surface area contributed by atoms with Crippen LogP contribution in [0.5, 0.6) is 0 Å². The van der Waals surface area contributed by atoms with Gasteiger partial charge in [0, 0.05) is 12.3 Å². The lowest BCUT2D eigenvalue weighted by Crippen LogP contribution is -2.28. The number of hydrogen-bond acceptors (Lipinski definition) is 1. The molecule has 1 aromatic carbocycles. The standard InChI is InChI=1S/C34H56O/c1-5-7-8-12-19-33(31-21-20-26(3)27(4)22-31)30-17-13-18-32(25-30)34(35)24-29(14-6-2)23-28-15-10-9-11-16-28/h20-22,28-30,32-33H,5-19,23-25H2,1-4H3. The average Bonchev–Trinajstić information content (AvgIpc) is 2.87. The Kier molecular flexibility index (Phi) is 12.4. The molecule has 2 aliphatic carbocycles. The zero-order valence-corrected chi connectivity index (χ0v) is 23.8. The Hall–Kier alpha value is -1.11. The highest BCUT2D eigenvalue weighted by Gasteiger charge is 2.33. The molecular formula is C34H56O. The van der Waals surface area contributed by atoms with Crippen molar-refractivity contribution in [3.05, 3.63) is 34.9 Å². The van der Waals surface area contributed by atoms with Gasteiger partial charge in [-0.05, 0) is 86.3 Å². The van der Waals surface area contributed by atoms with Crippen molar-refractivity contribution in [3.8, 4) is 0 Å². The van der Waals surface area contributed by atoms with E-state index in [9.17, 15) is 4.79 Å². The lowest BCUT2D eigenvalue weighted by molar-refractivity contribution is -0.125. The van der Waals surface area contributed by atoms with Gasteiger partial charge in [0.2, 0.25) is 0 Å². The number of hydrogen-bond donors (Lipinski definition) is 0. The van der Waals surface area contributed by atoms with Crippen molar-refractivity contribution in [1.82, 2.24) is 0 Å². The number of carbonyl (C=O) groups is 1. The molecule has 2 aliphatic rings. The molecule has 1 heteroatoms. The first-order chi connectivity index (χ1) is 17.0. The van der Waals surface area contributed by atoms with E-state index >= 15 is 0 Å². The molecule has 0 spiro atoms. The Balaban J connectivity index is 1.64. The van der Waals surface area contributed by atoms with Gasteiger partial charge in [0.05, 0.1) is 0 Å². The molecule has 0 amide bonds. The third kappa shape index (κ3) is 9.05. The van der Waals surface area contributed by atoms with Gasteiger partial charge in [0.1, 0.15) is 5.78 Å². The first-order valence-electron chi connectivity index (χ1n) is 15.6. The third-order valence-electron chi connectivity index (χ3n) is 9.65. The number of unbranched alkanes of at least 4 members (excludes halogenated alkanes) is 3. The van der Waals surface area contributed by atoms with E-state index in [4.69, 9.17) is 0 Å². The summed E-state index contributed by atoms with van der Waals surface area (Å²) in [7, 11) is 0. The molecule has 0 radical (unpaired) electrons. The van der Waals surface area contributed by atoms with Crippen LogP contribution >= 0.6 is 0 Å². The Labute approximate surface area is 218 Å². The zero-order valence-electron chi connectivity index (χ0n) is 23.8. The lowest BCUT2D eigenvalue weighted by Gasteiger charge is -2.35. The van der Waals surface area contributed by atoms with Gasteiger partial charge in [-0.3, -0.25) is 4.79 Å². The van der Waals surface area contributed by atoms with E-state index in [1.54, 1.807) is 5.56 Å². The van der Waals surface area contributed by atoms with Crippen LogP contribution in [0.25, 0.3) is 0 Å². The Morgan fingerprint density at radius 1 is 0.857 bits per heavy atom. The highest BCUT2D eigenvalue weighted by atomic mass is 16.1. The van der Waals surface area contributed by atoms with Crippen LogP contribution in [-0.2, 0) is 4.79 Å². The van der Waals surface area contributed by atoms with Crippen molar-refractivity contribution >= 4 is 5.78 Å². The largest absolute Gasteiger partial charge is 0.299 e. The van der Waals surface area contributed by atoms with E-state index < -0.39 is 0 Å². The molecule has 2 saturated carbocycles. The number of Topliss-reactive ketones (excluding diaryl/α,β-unsaturated/α-hetero) is 1. The first kappa shape index (κ1) is 28.5. The minimum atomic E-state index is 0.323. The van der Waals surface area contributed by atoms with Gasteiger partial charge in [0.25, 0.3) is 0 Å². The van der Waals surface area contributed by atoms with Crippen LogP contribution in [0, 0.1) is 37.5 Å². The van der Waals surface area contributed by atoms with Crippen molar-refractivity contribution in [1.29, 1.82) is 0 Å². The van der Waals surface area contributed by atoms with Crippen LogP contribution in [0.1, 0.15) is 152 Å². The van der Waals surface area contributed by atoms with Gasteiger partial charge in [0.15, 0.2) is 0 Å². The summed E-state index contributed by atoms with van der Waals surface area (Å²) in [6, 6.07) is 7.20. The second-order valence-corrected chi connectivity index (χ2v) is 12.5. The Morgan fingerprint density at radius 2 is 1.66 bits per heavy atom. The molecule has 3 rings (SSSR count). The predicted octanol–water partition coefficient (Wildman–Crippen LogP) is 10.5. The van der Waals surface area contributed by atoms with Crippen LogP contribution in [0.4, 0.5) is 0 Å². The number of aryl methyl sites for hydroxylation is 2. The summed E-state index contributed by atoms with van der Waals surface area (Å²) in [5, 5.41) is 0. The van der Waals surface area contributed by atoms with Crippen LogP contribution < -0.4 is 0 Å². The first-order valence-corrected chi connectivity index (χ1v) is 15.6. The van der Waals surface area contributed by atoms with Crippen LogP contribution in [-0.4, -0.2) is 5.78 Å². The molecule has 198 valence electrons. The summed E-state index contributed by atoms with van der Waals surface area (Å²) < 4.78 is 0. The molecule has 4 unspecified atom stereocenters. The summed E-state index contributed by atoms with van der Waals surface area (Å²) in [5.41, 5.74) is 4.37. The molecule has 35 heavy (non-hydrogen) atoms. The second-order valence-electron chi connectivity index (χ2n) is 12.5. The number of benzene rings is 1. The lowest BCUT2D eigenvalue weighted by atomic mass is 9.69. The van der Waals surface area contributed by atoms with Crippen molar-refractivity contribution in [2.24, 2.45) is 23.7 Å². The topological polar surface area (TPSA) is 17.1 Å². The Morgan fingerprint density at radius 3 is 2.37 bits per heavy atom. The fourth-order valence-electron chi connectivity index (χ4n) is 7.40. The van der Waals surface area contributed by atoms with Gasteiger partial charge in [-0.2, -0.15) is 0 Å². The molecule has 4 atom stereocenters. The number of rotatable bonds is 14. The minimum absolute atomic E-state index is 0.323. The maximum Gasteiger partial charge on any atom is 0.136 e. The van der Waals surface area contributed by atoms with Crippen molar-refractivity contribution in [3.63, 3.8) is 0 Å². The molecule has 0 heterocycles. The number of ketones is 1. The fourth-order valence-corrected chi connectivity index (χ4v) is 7.40. The highest BCUT2D eigenvalue weighted by molar-refractivity contribution is 5.81. The van der Waals surface area contributed by atoms with Crippen molar-refractivity contribution < 1.29 is 4.79 Å². The highest BCUT2D eigenvalue weighted by Crippen LogP contribution is 2.43. The number of carbonyl (C=O) groups excluding carboxylic acids is 1. The molecule has 1 aromatic rings. The van der Waals surface area contributed by atoms with E-state index in [0.29, 0.717) is 29.5 Å². The summed E-state index contributed by atoms with van der Waals surface area (Å²) in [5.74, 6) is 3.79. The molecular weight excluding hydrogens is 424 g/mol. The van der Waals surface area contributed by atoms with E-state index in [1.807, 2.05) is 0 Å². The van der Waals surface area contributed by atoms with Gasteiger partial charge >= 0.3 is 0 Å². The maximum atomic E-state index is 13.6. The third-order valence-corrected chi connectivity index (χ3v) is 9.65. The fraction of sp³-hybridized carbons (Fsp3) is 0.794. The quantitative estimate of drug-likeness (QED) is 0.242. The molecule has 0 saturated heterocycles. The van der Waals surface area contributed by atoms with Crippen molar-refractivity contribution in [2.45, 2.75) is 149 Å². The van der Waals surface area contributed by atoms with E-state index in [-0.39, 0.29) is 0 Å². The van der Waals surface area contributed by atoms with Gasteiger partial charge < -0.3 is 0 Å². The predicted molar refractivity (Wildman–Crippen MR) is 152 cm³/mol. The van der Waals surface area contributed by atoms with E-state index in [2.05, 4.69) is 45.9 Å². The minimum Gasteiger partial charge on any atom is -0.299 e. The Bertz CT molecular complexity index is 743. The molecule has 1 nitrogen and oxygen atoms in total. The van der Waals surface area contributed by atoms with Crippen LogP contribution in [0.2, 0.25) is 0 Å². The van der Waals surface area contributed by atoms with Crippen molar-refractivity contribution in [2.75, 3.05) is 0 Å². The monoisotopic (exact) mass is 480 g/mol.